The smallest absolute Gasteiger partial charge is 0.105 e. The number of hydrogen-bond donors (Lipinski definition) is 1. The molecule has 1 saturated heterocycles. The first kappa shape index (κ1) is 12.7. The molecule has 17 heavy (non-hydrogen) atoms. The van der Waals surface area contributed by atoms with E-state index in [0.717, 1.165) is 18.1 Å². The first-order chi connectivity index (χ1) is 8.06. The van der Waals surface area contributed by atoms with E-state index < -0.39 is 0 Å². The molecule has 3 atom stereocenters. The van der Waals surface area contributed by atoms with Gasteiger partial charge in [0.25, 0.3) is 0 Å². The Hall–Kier alpha value is -0.800. The average molecular weight is 237 g/mol. The first-order valence-electron chi connectivity index (χ1n) is 6.52. The maximum atomic E-state index is 5.80. The summed E-state index contributed by atoms with van der Waals surface area (Å²) < 4.78 is 11.4. The Kier molecular flexibility index (Phi) is 3.89. The topological polar surface area (TPSA) is 34.4 Å². The fraction of sp³-hybridized carbons (Fsp3) is 0.714. The Bertz CT molecular complexity index is 372. The zero-order chi connectivity index (χ0) is 12.4. The molecule has 2 rings (SSSR count). The van der Waals surface area contributed by atoms with Gasteiger partial charge < -0.3 is 14.5 Å². The monoisotopic (exact) mass is 237 g/mol. The highest BCUT2D eigenvalue weighted by atomic mass is 16.5. The van der Waals surface area contributed by atoms with Crippen molar-refractivity contribution in [3.05, 3.63) is 23.2 Å². The third kappa shape index (κ3) is 3.11. The van der Waals surface area contributed by atoms with E-state index in [1.165, 1.54) is 18.4 Å². The first-order valence-corrected chi connectivity index (χ1v) is 6.52. The van der Waals surface area contributed by atoms with E-state index in [0.29, 0.717) is 18.2 Å². The molecule has 1 aromatic rings. The van der Waals surface area contributed by atoms with Gasteiger partial charge in [0.15, 0.2) is 0 Å². The lowest BCUT2D eigenvalue weighted by molar-refractivity contribution is 0.0546. The summed E-state index contributed by atoms with van der Waals surface area (Å²) >= 11 is 0. The van der Waals surface area contributed by atoms with Crippen molar-refractivity contribution >= 4 is 0 Å². The largest absolute Gasteiger partial charge is 0.466 e. The van der Waals surface area contributed by atoms with Gasteiger partial charge in [-0.05, 0) is 46.6 Å². The lowest BCUT2D eigenvalue weighted by Crippen LogP contribution is -2.29. The van der Waals surface area contributed by atoms with Crippen molar-refractivity contribution in [1.82, 2.24) is 5.32 Å². The molecule has 1 aromatic heterocycles. The highest BCUT2D eigenvalue weighted by Gasteiger charge is 2.22. The van der Waals surface area contributed by atoms with E-state index in [2.05, 4.69) is 25.2 Å². The zero-order valence-electron chi connectivity index (χ0n) is 11.2. The summed E-state index contributed by atoms with van der Waals surface area (Å²) in [4.78, 5) is 0. The van der Waals surface area contributed by atoms with Gasteiger partial charge in [-0.15, -0.1) is 0 Å². The molecule has 0 aliphatic carbocycles. The van der Waals surface area contributed by atoms with Crippen LogP contribution in [0, 0.1) is 13.8 Å². The Morgan fingerprint density at radius 3 is 2.71 bits per heavy atom. The predicted octanol–water partition coefficient (Wildman–Crippen LogP) is 3.11. The van der Waals surface area contributed by atoms with Crippen molar-refractivity contribution in [3.8, 4) is 0 Å². The van der Waals surface area contributed by atoms with E-state index in [1.807, 2.05) is 13.8 Å². The molecule has 1 fully saturated rings. The quantitative estimate of drug-likeness (QED) is 0.873. The van der Waals surface area contributed by atoms with Crippen LogP contribution in [0.15, 0.2) is 10.5 Å². The van der Waals surface area contributed by atoms with Crippen LogP contribution in [0.3, 0.4) is 0 Å². The summed E-state index contributed by atoms with van der Waals surface area (Å²) in [6.07, 6.45) is 3.16. The van der Waals surface area contributed by atoms with Gasteiger partial charge in [0.2, 0.25) is 0 Å². The third-order valence-corrected chi connectivity index (χ3v) is 3.52. The number of nitrogens with one attached hydrogen (secondary N) is 1. The minimum Gasteiger partial charge on any atom is -0.466 e. The predicted molar refractivity (Wildman–Crippen MR) is 68.2 cm³/mol. The molecule has 96 valence electrons. The maximum absolute atomic E-state index is 5.80. The molecule has 1 aliphatic heterocycles. The van der Waals surface area contributed by atoms with E-state index in [4.69, 9.17) is 9.15 Å². The van der Waals surface area contributed by atoms with Gasteiger partial charge >= 0.3 is 0 Å². The van der Waals surface area contributed by atoms with Gasteiger partial charge in [-0.3, -0.25) is 0 Å². The van der Waals surface area contributed by atoms with Crippen molar-refractivity contribution in [1.29, 1.82) is 0 Å². The van der Waals surface area contributed by atoms with Crippen molar-refractivity contribution in [2.24, 2.45) is 0 Å². The summed E-state index contributed by atoms with van der Waals surface area (Å²) in [5.41, 5.74) is 1.26. The Labute approximate surface area is 104 Å². The minimum atomic E-state index is 0.326. The SMILES string of the molecule is Cc1cc(C(C)NCC2CCC(C)O2)c(C)o1. The number of ether oxygens (including phenoxy) is 1. The van der Waals surface area contributed by atoms with E-state index in [9.17, 15) is 0 Å². The van der Waals surface area contributed by atoms with Crippen LogP contribution in [0.25, 0.3) is 0 Å². The maximum Gasteiger partial charge on any atom is 0.105 e. The summed E-state index contributed by atoms with van der Waals surface area (Å²) in [7, 11) is 0. The molecule has 0 aromatic carbocycles. The summed E-state index contributed by atoms with van der Waals surface area (Å²) in [5, 5.41) is 3.53. The van der Waals surface area contributed by atoms with Crippen LogP contribution in [0.2, 0.25) is 0 Å². The van der Waals surface area contributed by atoms with Crippen LogP contribution in [0.5, 0.6) is 0 Å². The summed E-state index contributed by atoms with van der Waals surface area (Å²) in [5.74, 6) is 2.00. The molecule has 1 N–H and O–H groups in total. The molecule has 0 spiro atoms. The second-order valence-corrected chi connectivity index (χ2v) is 5.14. The Morgan fingerprint density at radius 1 is 1.41 bits per heavy atom. The van der Waals surface area contributed by atoms with Gasteiger partial charge in [-0.2, -0.15) is 0 Å². The third-order valence-electron chi connectivity index (χ3n) is 3.52. The molecule has 0 amide bonds. The van der Waals surface area contributed by atoms with Gasteiger partial charge in [-0.1, -0.05) is 0 Å². The standard InChI is InChI=1S/C14H23NO2/c1-9-5-6-13(17-9)8-15-11(3)14-7-10(2)16-12(14)4/h7,9,11,13,15H,5-6,8H2,1-4H3. The number of aryl methyl sites for hydroxylation is 2. The van der Waals surface area contributed by atoms with Crippen LogP contribution in [0.4, 0.5) is 0 Å². The van der Waals surface area contributed by atoms with Crippen LogP contribution < -0.4 is 5.32 Å². The van der Waals surface area contributed by atoms with Crippen LogP contribution in [0.1, 0.15) is 49.8 Å². The van der Waals surface area contributed by atoms with Crippen LogP contribution in [-0.2, 0) is 4.74 Å². The molecule has 0 radical (unpaired) electrons. The molecule has 3 nitrogen and oxygen atoms in total. The molecule has 0 saturated carbocycles. The van der Waals surface area contributed by atoms with Gasteiger partial charge in [0.1, 0.15) is 11.5 Å². The van der Waals surface area contributed by atoms with Gasteiger partial charge in [0, 0.05) is 18.2 Å². The highest BCUT2D eigenvalue weighted by Crippen LogP contribution is 2.23. The fourth-order valence-electron chi connectivity index (χ4n) is 2.53. The Balaban J connectivity index is 1.85. The second-order valence-electron chi connectivity index (χ2n) is 5.14. The molecular weight excluding hydrogens is 214 g/mol. The molecule has 1 aliphatic rings. The lowest BCUT2D eigenvalue weighted by atomic mass is 10.1. The van der Waals surface area contributed by atoms with Crippen molar-refractivity contribution in [2.75, 3.05) is 6.54 Å². The van der Waals surface area contributed by atoms with Crippen LogP contribution in [-0.4, -0.2) is 18.8 Å². The molecule has 2 heterocycles. The van der Waals surface area contributed by atoms with Crippen LogP contribution >= 0.6 is 0 Å². The second kappa shape index (κ2) is 5.23. The molecule has 3 heteroatoms. The summed E-state index contributed by atoms with van der Waals surface area (Å²) in [6.45, 7) is 9.26. The normalized spacial score (nSPS) is 26.4. The summed E-state index contributed by atoms with van der Waals surface area (Å²) in [6, 6.07) is 2.44. The zero-order valence-corrected chi connectivity index (χ0v) is 11.2. The highest BCUT2D eigenvalue weighted by molar-refractivity contribution is 5.23. The lowest BCUT2D eigenvalue weighted by Gasteiger charge is -2.17. The molecule has 0 bridgehead atoms. The minimum absolute atomic E-state index is 0.326. The number of hydrogen-bond acceptors (Lipinski definition) is 3. The van der Waals surface area contributed by atoms with Crippen molar-refractivity contribution in [2.45, 2.75) is 58.8 Å². The van der Waals surface area contributed by atoms with E-state index >= 15 is 0 Å². The van der Waals surface area contributed by atoms with E-state index in [1.54, 1.807) is 0 Å². The fourth-order valence-corrected chi connectivity index (χ4v) is 2.53. The van der Waals surface area contributed by atoms with Gasteiger partial charge in [-0.25, -0.2) is 0 Å². The number of furan rings is 1. The van der Waals surface area contributed by atoms with Crippen molar-refractivity contribution in [3.63, 3.8) is 0 Å². The Morgan fingerprint density at radius 2 is 2.18 bits per heavy atom. The molecular formula is C14H23NO2. The number of rotatable bonds is 4. The molecule has 3 unspecified atom stereocenters. The van der Waals surface area contributed by atoms with Crippen molar-refractivity contribution < 1.29 is 9.15 Å². The average Bonchev–Trinajstić information content (AvgIpc) is 2.81. The van der Waals surface area contributed by atoms with Gasteiger partial charge in [0.05, 0.1) is 12.2 Å². The van der Waals surface area contributed by atoms with E-state index in [-0.39, 0.29) is 0 Å².